The first-order valence-electron chi connectivity index (χ1n) is 11.2. The maximum absolute atomic E-state index is 11.2. The van der Waals surface area contributed by atoms with E-state index in [0.29, 0.717) is 30.8 Å². The van der Waals surface area contributed by atoms with Crippen LogP contribution in [0.2, 0.25) is 0 Å². The Morgan fingerprint density at radius 3 is 2.28 bits per heavy atom. The summed E-state index contributed by atoms with van der Waals surface area (Å²) in [5.41, 5.74) is 8.08. The van der Waals surface area contributed by atoms with Gasteiger partial charge in [0.25, 0.3) is 6.29 Å². The van der Waals surface area contributed by atoms with Gasteiger partial charge in [-0.05, 0) is 53.7 Å². The maximum Gasteiger partial charge on any atom is 0.306 e. The van der Waals surface area contributed by atoms with Gasteiger partial charge in [-0.15, -0.1) is 0 Å². The molecule has 7 heteroatoms. The number of aldehydes is 1. The zero-order chi connectivity index (χ0) is 24.6. The lowest BCUT2D eigenvalue weighted by Crippen LogP contribution is -2.39. The number of rotatable bonds is 13. The van der Waals surface area contributed by atoms with Gasteiger partial charge in [0.2, 0.25) is 0 Å². The van der Waals surface area contributed by atoms with E-state index < -0.39 is 30.3 Å². The molecule has 7 nitrogen and oxygen atoms in total. The fourth-order valence-electron chi connectivity index (χ4n) is 3.71. The van der Waals surface area contributed by atoms with Crippen LogP contribution in [0.15, 0.2) is 18.2 Å². The fourth-order valence-corrected chi connectivity index (χ4v) is 3.71. The molecule has 5 unspecified atom stereocenters. The van der Waals surface area contributed by atoms with Gasteiger partial charge >= 0.3 is 5.97 Å². The van der Waals surface area contributed by atoms with Crippen molar-refractivity contribution in [2.45, 2.75) is 84.7 Å². The standard InChI is InChI=1S/C25H41NO6/c1-15(2)18(13-20(26)21(28)10-16(3)24(29)30)11-17-8-9-19(25(4,5)6)22(12-17)32-23(14-27)31-7/h8-9,12,14-16,18,20-21,23,28H,10-11,13,26H2,1-7H3,(H,29,30). The predicted octanol–water partition coefficient (Wildman–Crippen LogP) is 3.54. The number of aliphatic hydroxyl groups excluding tert-OH is 1. The second-order valence-corrected chi connectivity index (χ2v) is 10.1. The Morgan fingerprint density at radius 2 is 1.81 bits per heavy atom. The minimum absolute atomic E-state index is 0.129. The second kappa shape index (κ2) is 12.3. The van der Waals surface area contributed by atoms with Crippen LogP contribution in [0.25, 0.3) is 0 Å². The quantitative estimate of drug-likeness (QED) is 0.310. The summed E-state index contributed by atoms with van der Waals surface area (Å²) in [5, 5.41) is 19.5. The molecular weight excluding hydrogens is 410 g/mol. The van der Waals surface area contributed by atoms with E-state index in [0.717, 1.165) is 11.1 Å². The van der Waals surface area contributed by atoms with Crippen LogP contribution in [0.4, 0.5) is 0 Å². The molecule has 0 fully saturated rings. The van der Waals surface area contributed by atoms with E-state index in [1.807, 2.05) is 12.1 Å². The number of aliphatic carboxylic acids is 1. The van der Waals surface area contributed by atoms with E-state index in [-0.39, 0.29) is 17.8 Å². The lowest BCUT2D eigenvalue weighted by Gasteiger charge is -2.29. The van der Waals surface area contributed by atoms with Crippen molar-refractivity contribution >= 4 is 12.3 Å². The Labute approximate surface area is 192 Å². The topological polar surface area (TPSA) is 119 Å². The molecule has 0 aliphatic rings. The van der Waals surface area contributed by atoms with E-state index in [9.17, 15) is 14.7 Å². The number of carboxylic acids is 1. The zero-order valence-electron chi connectivity index (χ0n) is 20.5. The van der Waals surface area contributed by atoms with Gasteiger partial charge < -0.3 is 25.4 Å². The highest BCUT2D eigenvalue weighted by atomic mass is 16.7. The average molecular weight is 452 g/mol. The molecule has 0 aliphatic heterocycles. The van der Waals surface area contributed by atoms with Crippen LogP contribution in [0, 0.1) is 17.8 Å². The highest BCUT2D eigenvalue weighted by Gasteiger charge is 2.27. The van der Waals surface area contributed by atoms with E-state index >= 15 is 0 Å². The molecule has 5 atom stereocenters. The number of aliphatic hydroxyl groups is 1. The van der Waals surface area contributed by atoms with Crippen molar-refractivity contribution in [1.29, 1.82) is 0 Å². The van der Waals surface area contributed by atoms with Crippen LogP contribution in [-0.4, -0.2) is 48.0 Å². The van der Waals surface area contributed by atoms with Gasteiger partial charge in [0.1, 0.15) is 5.75 Å². The fraction of sp³-hybridized carbons (Fsp3) is 0.680. The van der Waals surface area contributed by atoms with Crippen molar-refractivity contribution in [2.75, 3.05) is 7.11 Å². The smallest absolute Gasteiger partial charge is 0.306 e. The Bertz CT molecular complexity index is 742. The minimum Gasteiger partial charge on any atom is -0.481 e. The molecule has 0 heterocycles. The van der Waals surface area contributed by atoms with Gasteiger partial charge in [-0.1, -0.05) is 53.7 Å². The molecule has 1 rings (SSSR count). The van der Waals surface area contributed by atoms with Crippen LogP contribution in [0.3, 0.4) is 0 Å². The number of ether oxygens (including phenoxy) is 2. The number of hydrogen-bond donors (Lipinski definition) is 3. The van der Waals surface area contributed by atoms with E-state index in [1.165, 1.54) is 7.11 Å². The molecule has 0 radical (unpaired) electrons. The van der Waals surface area contributed by atoms with Crippen LogP contribution in [-0.2, 0) is 26.2 Å². The van der Waals surface area contributed by atoms with Gasteiger partial charge in [0, 0.05) is 13.2 Å². The second-order valence-electron chi connectivity index (χ2n) is 10.1. The summed E-state index contributed by atoms with van der Waals surface area (Å²) in [5.74, 6) is -0.496. The molecule has 0 spiro atoms. The Hall–Kier alpha value is -1.96. The number of benzene rings is 1. The van der Waals surface area contributed by atoms with Crippen molar-refractivity contribution in [3.63, 3.8) is 0 Å². The molecule has 0 aromatic heterocycles. The van der Waals surface area contributed by atoms with Gasteiger partial charge in [0.15, 0.2) is 6.29 Å². The number of carbonyl (C=O) groups excluding carboxylic acids is 1. The molecule has 1 aromatic carbocycles. The molecule has 32 heavy (non-hydrogen) atoms. The third kappa shape index (κ3) is 8.52. The molecule has 4 N–H and O–H groups in total. The summed E-state index contributed by atoms with van der Waals surface area (Å²) in [7, 11) is 1.42. The van der Waals surface area contributed by atoms with Gasteiger partial charge in [-0.25, -0.2) is 0 Å². The van der Waals surface area contributed by atoms with Crippen molar-refractivity contribution in [1.82, 2.24) is 0 Å². The SMILES string of the molecule is COC(C=O)Oc1cc(CC(CC(N)C(O)CC(C)C(=O)O)C(C)C)ccc1C(C)(C)C. The summed E-state index contributed by atoms with van der Waals surface area (Å²) in [6, 6.07) is 5.50. The van der Waals surface area contributed by atoms with E-state index in [4.69, 9.17) is 20.3 Å². The van der Waals surface area contributed by atoms with Crippen molar-refractivity contribution in [3.05, 3.63) is 29.3 Å². The van der Waals surface area contributed by atoms with Crippen LogP contribution in [0.5, 0.6) is 5.75 Å². The molecular formula is C25H41NO6. The first-order valence-corrected chi connectivity index (χ1v) is 11.2. The summed E-state index contributed by atoms with van der Waals surface area (Å²) >= 11 is 0. The molecule has 0 saturated carbocycles. The lowest BCUT2D eigenvalue weighted by molar-refractivity contribution is -0.142. The number of hydrogen-bond acceptors (Lipinski definition) is 6. The summed E-state index contributed by atoms with van der Waals surface area (Å²) in [6.45, 7) is 12.0. The Kier molecular flexibility index (Phi) is 10.8. The summed E-state index contributed by atoms with van der Waals surface area (Å²) in [4.78, 5) is 22.3. The number of carbonyl (C=O) groups is 2. The third-order valence-corrected chi connectivity index (χ3v) is 5.97. The third-order valence-electron chi connectivity index (χ3n) is 5.97. The van der Waals surface area contributed by atoms with Crippen LogP contribution in [0.1, 0.15) is 65.5 Å². The predicted molar refractivity (Wildman–Crippen MR) is 125 cm³/mol. The molecule has 1 aromatic rings. The lowest BCUT2D eigenvalue weighted by atomic mass is 9.81. The molecule has 0 saturated heterocycles. The maximum atomic E-state index is 11.2. The van der Waals surface area contributed by atoms with Crippen molar-refractivity contribution in [3.8, 4) is 5.75 Å². The van der Waals surface area contributed by atoms with Crippen LogP contribution >= 0.6 is 0 Å². The first-order chi connectivity index (χ1) is 14.8. The average Bonchev–Trinajstić information content (AvgIpc) is 2.70. The van der Waals surface area contributed by atoms with Crippen LogP contribution < -0.4 is 10.5 Å². The normalized spacial score (nSPS) is 16.8. The molecule has 0 aliphatic carbocycles. The van der Waals surface area contributed by atoms with E-state index in [1.54, 1.807) is 6.92 Å². The molecule has 182 valence electrons. The van der Waals surface area contributed by atoms with Gasteiger partial charge in [0.05, 0.1) is 12.0 Å². The highest BCUT2D eigenvalue weighted by Crippen LogP contribution is 2.34. The number of nitrogens with two attached hydrogens (primary N) is 1. The number of carboxylic acid groups (broad SMARTS) is 1. The molecule has 0 bridgehead atoms. The largest absolute Gasteiger partial charge is 0.481 e. The van der Waals surface area contributed by atoms with Crippen molar-refractivity contribution in [2.24, 2.45) is 23.5 Å². The zero-order valence-corrected chi connectivity index (χ0v) is 20.5. The highest BCUT2D eigenvalue weighted by molar-refractivity contribution is 5.69. The monoisotopic (exact) mass is 451 g/mol. The van der Waals surface area contributed by atoms with Gasteiger partial charge in [-0.2, -0.15) is 0 Å². The minimum atomic E-state index is -0.980. The summed E-state index contributed by atoms with van der Waals surface area (Å²) in [6.07, 6.45) is 0.175. The summed E-state index contributed by atoms with van der Waals surface area (Å²) < 4.78 is 10.9. The van der Waals surface area contributed by atoms with Gasteiger partial charge in [-0.3, -0.25) is 9.59 Å². The first kappa shape index (κ1) is 28.1. The number of methoxy groups -OCH3 is 1. The molecule has 0 amide bonds. The van der Waals surface area contributed by atoms with E-state index in [2.05, 4.69) is 40.7 Å². The Balaban J connectivity index is 3.06. The Morgan fingerprint density at radius 1 is 1.19 bits per heavy atom. The van der Waals surface area contributed by atoms with Crippen molar-refractivity contribution < 1.29 is 29.3 Å².